The number of ether oxygens (including phenoxy) is 1. The molecule has 0 fully saturated rings. The zero-order valence-corrected chi connectivity index (χ0v) is 7.92. The number of hydrogen-bond acceptors (Lipinski definition) is 3. The van der Waals surface area contributed by atoms with E-state index in [1.54, 1.807) is 0 Å². The van der Waals surface area contributed by atoms with Crippen molar-refractivity contribution in [3.05, 3.63) is 0 Å². The number of rotatable bonds is 5. The maximum atomic E-state index is 10.9. The van der Waals surface area contributed by atoms with Gasteiger partial charge in [0.15, 0.2) is 0 Å². The summed E-state index contributed by atoms with van der Waals surface area (Å²) in [4.78, 5) is 21.7. The van der Waals surface area contributed by atoms with Crippen molar-refractivity contribution in [2.24, 2.45) is 5.92 Å². The summed E-state index contributed by atoms with van der Waals surface area (Å²) in [5.41, 5.74) is 0. The van der Waals surface area contributed by atoms with Crippen LogP contribution < -0.4 is 0 Å². The number of ketones is 1. The molecule has 0 N–H and O–H groups in total. The first-order chi connectivity index (χ1) is 5.60. The Bertz CT molecular complexity index is 145. The minimum atomic E-state index is -0.244. The molecule has 0 aromatic heterocycles. The number of carbonyl (C=O) groups excluding carboxylic acids is 2. The summed E-state index contributed by atoms with van der Waals surface area (Å²) in [5.74, 6) is 0.0581. The van der Waals surface area contributed by atoms with Crippen LogP contribution in [0.2, 0.25) is 0 Å². The second kappa shape index (κ2) is 5.75. The molecule has 0 radical (unpaired) electrons. The van der Waals surface area contributed by atoms with Gasteiger partial charge in [0.25, 0.3) is 0 Å². The number of hydrogen-bond donors (Lipinski definition) is 0. The topological polar surface area (TPSA) is 43.4 Å². The van der Waals surface area contributed by atoms with E-state index in [1.165, 1.54) is 7.11 Å². The fourth-order valence-electron chi connectivity index (χ4n) is 0.973. The Kier molecular flexibility index (Phi) is 5.34. The predicted molar refractivity (Wildman–Crippen MR) is 45.7 cm³/mol. The largest absolute Gasteiger partial charge is 0.469 e. The van der Waals surface area contributed by atoms with Gasteiger partial charge >= 0.3 is 5.97 Å². The Morgan fingerprint density at radius 1 is 1.33 bits per heavy atom. The summed E-state index contributed by atoms with van der Waals surface area (Å²) in [5, 5.41) is 0. The first-order valence-electron chi connectivity index (χ1n) is 4.18. The normalized spacial score (nSPS) is 12.2. The number of methoxy groups -OCH3 is 1. The molecule has 3 nitrogen and oxygen atoms in total. The number of esters is 1. The minimum Gasteiger partial charge on any atom is -0.469 e. The number of Topliss-reactive ketones (excluding diaryl/α,β-unsaturated/α-hetero) is 1. The molecule has 0 heterocycles. The number of carbonyl (C=O) groups is 2. The van der Waals surface area contributed by atoms with Crippen molar-refractivity contribution in [2.75, 3.05) is 7.11 Å². The fraction of sp³-hybridized carbons (Fsp3) is 0.778. The van der Waals surface area contributed by atoms with Crippen LogP contribution in [0.4, 0.5) is 0 Å². The van der Waals surface area contributed by atoms with Crippen LogP contribution in [0.15, 0.2) is 0 Å². The van der Waals surface area contributed by atoms with Crippen molar-refractivity contribution in [3.8, 4) is 0 Å². The molecule has 0 aliphatic carbocycles. The van der Waals surface area contributed by atoms with E-state index in [0.717, 1.165) is 0 Å². The van der Waals surface area contributed by atoms with E-state index >= 15 is 0 Å². The summed E-state index contributed by atoms with van der Waals surface area (Å²) in [6.07, 6.45) is 1.36. The predicted octanol–water partition coefficient (Wildman–Crippen LogP) is 1.55. The molecular weight excluding hydrogens is 156 g/mol. The molecular formula is C9H16O3. The van der Waals surface area contributed by atoms with Crippen LogP contribution in [0.5, 0.6) is 0 Å². The van der Waals surface area contributed by atoms with Gasteiger partial charge in [-0.1, -0.05) is 13.8 Å². The molecule has 0 aliphatic heterocycles. The third-order valence-corrected chi connectivity index (χ3v) is 1.71. The van der Waals surface area contributed by atoms with Crippen molar-refractivity contribution in [1.29, 1.82) is 0 Å². The fourth-order valence-corrected chi connectivity index (χ4v) is 0.973. The molecule has 0 saturated heterocycles. The van der Waals surface area contributed by atoms with Gasteiger partial charge in [0.2, 0.25) is 0 Å². The summed E-state index contributed by atoms with van der Waals surface area (Å²) in [6, 6.07) is 0. The summed E-state index contributed by atoms with van der Waals surface area (Å²) in [7, 11) is 1.36. The maximum absolute atomic E-state index is 10.9. The molecule has 0 spiro atoms. The van der Waals surface area contributed by atoms with E-state index in [-0.39, 0.29) is 17.7 Å². The molecule has 0 bridgehead atoms. The Balaban J connectivity index is 3.66. The molecule has 12 heavy (non-hydrogen) atoms. The van der Waals surface area contributed by atoms with Crippen molar-refractivity contribution in [3.63, 3.8) is 0 Å². The van der Waals surface area contributed by atoms with Crippen molar-refractivity contribution in [2.45, 2.75) is 33.1 Å². The molecule has 0 amide bonds. The van der Waals surface area contributed by atoms with Gasteiger partial charge in [0, 0.05) is 19.3 Å². The van der Waals surface area contributed by atoms with Crippen LogP contribution in [0, 0.1) is 5.92 Å². The highest BCUT2D eigenvalue weighted by atomic mass is 16.5. The first kappa shape index (κ1) is 11.1. The second-order valence-corrected chi connectivity index (χ2v) is 2.98. The zero-order chi connectivity index (χ0) is 9.56. The van der Waals surface area contributed by atoms with E-state index in [4.69, 9.17) is 0 Å². The van der Waals surface area contributed by atoms with E-state index in [9.17, 15) is 9.59 Å². The van der Waals surface area contributed by atoms with Gasteiger partial charge in [-0.2, -0.15) is 0 Å². The van der Waals surface area contributed by atoms with Crippen molar-refractivity contribution in [1.82, 2.24) is 0 Å². The smallest absolute Gasteiger partial charge is 0.305 e. The maximum Gasteiger partial charge on any atom is 0.305 e. The lowest BCUT2D eigenvalue weighted by Gasteiger charge is -2.07. The average molecular weight is 172 g/mol. The molecule has 0 rings (SSSR count). The summed E-state index contributed by atoms with van der Waals surface area (Å²) >= 11 is 0. The quantitative estimate of drug-likeness (QED) is 0.591. The second-order valence-electron chi connectivity index (χ2n) is 2.98. The highest BCUT2D eigenvalue weighted by Crippen LogP contribution is 2.09. The Labute approximate surface area is 73.1 Å². The minimum absolute atomic E-state index is 0.102. The van der Waals surface area contributed by atoms with Gasteiger partial charge in [0.1, 0.15) is 5.78 Å². The Morgan fingerprint density at radius 3 is 2.33 bits per heavy atom. The van der Waals surface area contributed by atoms with Crippen LogP contribution in [-0.2, 0) is 14.3 Å². The highest BCUT2D eigenvalue weighted by molar-refractivity contribution is 5.79. The average Bonchev–Trinajstić information content (AvgIpc) is 2.03. The first-order valence-corrected chi connectivity index (χ1v) is 4.18. The van der Waals surface area contributed by atoms with Crippen LogP contribution in [0.3, 0.4) is 0 Å². The van der Waals surface area contributed by atoms with Gasteiger partial charge in [-0.15, -0.1) is 0 Å². The lowest BCUT2D eigenvalue weighted by atomic mass is 10.0. The van der Waals surface area contributed by atoms with Crippen LogP contribution in [0.25, 0.3) is 0 Å². The van der Waals surface area contributed by atoms with Crippen molar-refractivity contribution < 1.29 is 14.3 Å². The summed E-state index contributed by atoms with van der Waals surface area (Å²) < 4.78 is 4.49. The van der Waals surface area contributed by atoms with E-state index in [1.807, 2.05) is 13.8 Å². The van der Waals surface area contributed by atoms with Crippen LogP contribution >= 0.6 is 0 Å². The van der Waals surface area contributed by atoms with Gasteiger partial charge in [-0.3, -0.25) is 9.59 Å². The standard InChI is InChI=1S/C9H16O3/c1-4-8(10)5-7(2)6-9(11)12-3/h7H,4-6H2,1-3H3/t7-/m0/s1. The third-order valence-electron chi connectivity index (χ3n) is 1.71. The molecule has 0 aromatic carbocycles. The zero-order valence-electron chi connectivity index (χ0n) is 7.92. The molecule has 70 valence electrons. The van der Waals surface area contributed by atoms with Crippen molar-refractivity contribution >= 4 is 11.8 Å². The Hall–Kier alpha value is -0.860. The SMILES string of the molecule is CCC(=O)C[C@H](C)CC(=O)OC. The summed E-state index contributed by atoms with van der Waals surface area (Å²) in [6.45, 7) is 3.71. The van der Waals surface area contributed by atoms with Crippen LogP contribution in [0.1, 0.15) is 33.1 Å². The van der Waals surface area contributed by atoms with E-state index in [0.29, 0.717) is 19.3 Å². The van der Waals surface area contributed by atoms with Crippen LogP contribution in [-0.4, -0.2) is 18.9 Å². The molecule has 3 heteroatoms. The highest BCUT2D eigenvalue weighted by Gasteiger charge is 2.11. The van der Waals surface area contributed by atoms with Gasteiger partial charge in [0.05, 0.1) is 7.11 Å². The molecule has 0 aliphatic rings. The molecule has 1 atom stereocenters. The molecule has 0 unspecified atom stereocenters. The lowest BCUT2D eigenvalue weighted by Crippen LogP contribution is -2.10. The van der Waals surface area contributed by atoms with E-state index in [2.05, 4.69) is 4.74 Å². The lowest BCUT2D eigenvalue weighted by molar-refractivity contribution is -0.141. The third kappa shape index (κ3) is 4.88. The van der Waals surface area contributed by atoms with Gasteiger partial charge in [-0.25, -0.2) is 0 Å². The Morgan fingerprint density at radius 2 is 1.92 bits per heavy atom. The van der Waals surface area contributed by atoms with Gasteiger partial charge < -0.3 is 4.74 Å². The van der Waals surface area contributed by atoms with E-state index < -0.39 is 0 Å². The molecule has 0 saturated carbocycles. The molecule has 0 aromatic rings. The van der Waals surface area contributed by atoms with Gasteiger partial charge in [-0.05, 0) is 5.92 Å². The monoisotopic (exact) mass is 172 g/mol.